The SMILES string of the molecule is Cc1c(C(=O)NNC(=O)C(Cc2ccccc2)NS(=O)(=O)c2ccccc2F)oc2ccccc12. The Morgan fingerprint density at radius 1 is 0.914 bits per heavy atom. The molecule has 0 spiro atoms. The Morgan fingerprint density at radius 2 is 1.57 bits per heavy atom. The van der Waals surface area contributed by atoms with Crippen LogP contribution in [0.5, 0.6) is 0 Å². The summed E-state index contributed by atoms with van der Waals surface area (Å²) >= 11 is 0. The molecule has 0 aliphatic heterocycles. The van der Waals surface area contributed by atoms with Crippen LogP contribution < -0.4 is 15.6 Å². The maximum absolute atomic E-state index is 14.1. The van der Waals surface area contributed by atoms with E-state index in [1.807, 2.05) is 6.07 Å². The van der Waals surface area contributed by atoms with Gasteiger partial charge in [0.25, 0.3) is 5.91 Å². The molecule has 180 valence electrons. The van der Waals surface area contributed by atoms with Crippen LogP contribution in [-0.2, 0) is 21.2 Å². The second-order valence-corrected chi connectivity index (χ2v) is 9.47. The molecule has 0 fully saturated rings. The number of hydrazine groups is 1. The minimum absolute atomic E-state index is 0.0121. The maximum atomic E-state index is 14.1. The van der Waals surface area contributed by atoms with Gasteiger partial charge >= 0.3 is 5.91 Å². The van der Waals surface area contributed by atoms with Crippen molar-refractivity contribution in [3.63, 3.8) is 0 Å². The van der Waals surface area contributed by atoms with E-state index in [1.165, 1.54) is 12.1 Å². The molecule has 1 aromatic heterocycles. The standard InChI is InChI=1S/C25H22FN3O5S/c1-16-18-11-5-7-13-21(18)34-23(16)25(31)28-27-24(30)20(15-17-9-3-2-4-10-17)29-35(32,33)22-14-8-6-12-19(22)26/h2-14,20,29H,15H2,1H3,(H,27,30)(H,28,31). The molecule has 2 amide bonds. The summed E-state index contributed by atoms with van der Waals surface area (Å²) in [7, 11) is -4.39. The van der Waals surface area contributed by atoms with Crippen molar-refractivity contribution in [1.82, 2.24) is 15.6 Å². The van der Waals surface area contributed by atoms with Crippen LogP contribution in [-0.4, -0.2) is 26.3 Å². The molecule has 35 heavy (non-hydrogen) atoms. The highest BCUT2D eigenvalue weighted by molar-refractivity contribution is 7.89. The first-order valence-electron chi connectivity index (χ1n) is 10.7. The molecule has 0 saturated heterocycles. The normalized spacial score (nSPS) is 12.3. The van der Waals surface area contributed by atoms with E-state index in [9.17, 15) is 22.4 Å². The zero-order chi connectivity index (χ0) is 25.0. The first kappa shape index (κ1) is 24.1. The first-order valence-corrected chi connectivity index (χ1v) is 12.1. The summed E-state index contributed by atoms with van der Waals surface area (Å²) in [4.78, 5) is 25.0. The monoisotopic (exact) mass is 495 g/mol. The van der Waals surface area contributed by atoms with Crippen LogP contribution in [0.15, 0.2) is 88.2 Å². The van der Waals surface area contributed by atoms with Gasteiger partial charge in [0.05, 0.1) is 0 Å². The molecule has 3 aromatic carbocycles. The highest BCUT2D eigenvalue weighted by Gasteiger charge is 2.28. The lowest BCUT2D eigenvalue weighted by Crippen LogP contribution is -2.53. The number of furan rings is 1. The number of hydrogen-bond acceptors (Lipinski definition) is 5. The number of sulfonamides is 1. The van der Waals surface area contributed by atoms with Crippen LogP contribution >= 0.6 is 0 Å². The van der Waals surface area contributed by atoms with E-state index in [4.69, 9.17) is 4.42 Å². The minimum atomic E-state index is -4.39. The van der Waals surface area contributed by atoms with Gasteiger partial charge in [-0.25, -0.2) is 12.8 Å². The van der Waals surface area contributed by atoms with E-state index in [2.05, 4.69) is 15.6 Å². The average Bonchev–Trinajstić information content (AvgIpc) is 3.19. The van der Waals surface area contributed by atoms with Crippen molar-refractivity contribution in [2.24, 2.45) is 0 Å². The van der Waals surface area contributed by atoms with Gasteiger partial charge in [-0.15, -0.1) is 0 Å². The summed E-state index contributed by atoms with van der Waals surface area (Å²) in [6.07, 6.45) is -0.0418. The number of carbonyl (C=O) groups is 2. The lowest BCUT2D eigenvalue weighted by molar-refractivity contribution is -0.123. The van der Waals surface area contributed by atoms with E-state index in [0.29, 0.717) is 16.7 Å². The van der Waals surface area contributed by atoms with Crippen molar-refractivity contribution in [2.45, 2.75) is 24.3 Å². The van der Waals surface area contributed by atoms with Gasteiger partial charge in [0, 0.05) is 10.9 Å². The van der Waals surface area contributed by atoms with E-state index in [1.54, 1.807) is 55.5 Å². The summed E-state index contributed by atoms with van der Waals surface area (Å²) in [5.74, 6) is -2.48. The molecule has 0 saturated carbocycles. The van der Waals surface area contributed by atoms with E-state index in [0.717, 1.165) is 17.5 Å². The second-order valence-electron chi connectivity index (χ2n) is 7.79. The number of carbonyl (C=O) groups excluding carboxylic acids is 2. The molecule has 0 aliphatic rings. The fourth-order valence-electron chi connectivity index (χ4n) is 3.60. The van der Waals surface area contributed by atoms with Gasteiger partial charge in [0.15, 0.2) is 5.76 Å². The minimum Gasteiger partial charge on any atom is -0.451 e. The fraction of sp³-hybridized carbons (Fsp3) is 0.120. The molecule has 8 nitrogen and oxygen atoms in total. The van der Waals surface area contributed by atoms with E-state index >= 15 is 0 Å². The summed E-state index contributed by atoms with van der Waals surface area (Å²) < 4.78 is 47.6. The Balaban J connectivity index is 1.53. The molecule has 4 rings (SSSR count). The fourth-order valence-corrected chi connectivity index (χ4v) is 4.88. The van der Waals surface area contributed by atoms with Crippen molar-refractivity contribution in [1.29, 1.82) is 0 Å². The molecule has 1 atom stereocenters. The predicted molar refractivity (Wildman–Crippen MR) is 127 cm³/mol. The van der Waals surface area contributed by atoms with Crippen molar-refractivity contribution < 1.29 is 26.8 Å². The van der Waals surface area contributed by atoms with Crippen LogP contribution in [0.2, 0.25) is 0 Å². The van der Waals surface area contributed by atoms with Crippen molar-refractivity contribution in [2.75, 3.05) is 0 Å². The number of halogens is 1. The lowest BCUT2D eigenvalue weighted by atomic mass is 10.1. The third-order valence-electron chi connectivity index (χ3n) is 5.37. The summed E-state index contributed by atoms with van der Waals surface area (Å²) in [5.41, 5.74) is 6.27. The lowest BCUT2D eigenvalue weighted by Gasteiger charge is -2.19. The zero-order valence-corrected chi connectivity index (χ0v) is 19.4. The Morgan fingerprint density at radius 3 is 2.29 bits per heavy atom. The zero-order valence-electron chi connectivity index (χ0n) is 18.6. The largest absolute Gasteiger partial charge is 0.451 e. The molecule has 0 bridgehead atoms. The number of fused-ring (bicyclic) bond motifs is 1. The highest BCUT2D eigenvalue weighted by Crippen LogP contribution is 2.24. The summed E-state index contributed by atoms with van der Waals surface area (Å²) in [6.45, 7) is 1.71. The van der Waals surface area contributed by atoms with Crippen LogP contribution in [0.3, 0.4) is 0 Å². The molecule has 1 unspecified atom stereocenters. The smallest absolute Gasteiger partial charge is 0.305 e. The number of aryl methyl sites for hydroxylation is 1. The second kappa shape index (κ2) is 10.1. The topological polar surface area (TPSA) is 118 Å². The average molecular weight is 496 g/mol. The summed E-state index contributed by atoms with van der Waals surface area (Å²) in [6, 6.07) is 19.3. The van der Waals surface area contributed by atoms with Gasteiger partial charge in [0.1, 0.15) is 22.3 Å². The third kappa shape index (κ3) is 5.39. The molecule has 0 aliphatic carbocycles. The van der Waals surface area contributed by atoms with Gasteiger partial charge in [-0.3, -0.25) is 20.4 Å². The number of para-hydroxylation sites is 1. The molecule has 3 N–H and O–H groups in total. The number of hydrogen-bond donors (Lipinski definition) is 3. The van der Waals surface area contributed by atoms with Gasteiger partial charge in [-0.2, -0.15) is 4.72 Å². The first-order chi connectivity index (χ1) is 16.8. The van der Waals surface area contributed by atoms with E-state index in [-0.39, 0.29) is 12.2 Å². The Bertz CT molecular complexity index is 1490. The predicted octanol–water partition coefficient (Wildman–Crippen LogP) is 3.23. The van der Waals surface area contributed by atoms with Crippen molar-refractivity contribution in [3.8, 4) is 0 Å². The number of amides is 2. The van der Waals surface area contributed by atoms with Gasteiger partial charge < -0.3 is 4.42 Å². The molecule has 4 aromatic rings. The Labute approximate surface area is 201 Å². The molecule has 1 heterocycles. The Hall–Kier alpha value is -4.02. The van der Waals surface area contributed by atoms with Crippen molar-refractivity contribution >= 4 is 32.8 Å². The molecular weight excluding hydrogens is 473 g/mol. The number of nitrogens with one attached hydrogen (secondary N) is 3. The van der Waals surface area contributed by atoms with E-state index < -0.39 is 38.6 Å². The van der Waals surface area contributed by atoms with Crippen LogP contribution in [0.25, 0.3) is 11.0 Å². The van der Waals surface area contributed by atoms with Crippen LogP contribution in [0.1, 0.15) is 21.7 Å². The third-order valence-corrected chi connectivity index (χ3v) is 6.88. The van der Waals surface area contributed by atoms with Gasteiger partial charge in [-0.05, 0) is 37.1 Å². The van der Waals surface area contributed by atoms with Gasteiger partial charge in [-0.1, -0.05) is 60.7 Å². The maximum Gasteiger partial charge on any atom is 0.305 e. The highest BCUT2D eigenvalue weighted by atomic mass is 32.2. The van der Waals surface area contributed by atoms with Crippen LogP contribution in [0, 0.1) is 12.7 Å². The summed E-state index contributed by atoms with van der Waals surface area (Å²) in [5, 5.41) is 0.753. The van der Waals surface area contributed by atoms with Crippen molar-refractivity contribution in [3.05, 3.63) is 102 Å². The van der Waals surface area contributed by atoms with Crippen LogP contribution in [0.4, 0.5) is 4.39 Å². The molecule has 10 heteroatoms. The number of benzene rings is 3. The molecular formula is C25H22FN3O5S. The molecule has 0 radical (unpaired) electrons. The Kier molecular flexibility index (Phi) is 6.94. The van der Waals surface area contributed by atoms with Gasteiger partial charge in [0.2, 0.25) is 10.0 Å². The quantitative estimate of drug-likeness (QED) is 0.340. The number of rotatable bonds is 7.